The molecular formula is C23H30ClN3O3. The van der Waals surface area contributed by atoms with Crippen LogP contribution in [0.2, 0.25) is 0 Å². The van der Waals surface area contributed by atoms with Crippen LogP contribution in [0.3, 0.4) is 0 Å². The van der Waals surface area contributed by atoms with Gasteiger partial charge in [0.2, 0.25) is 11.8 Å². The van der Waals surface area contributed by atoms with Crippen LogP contribution in [0.1, 0.15) is 31.9 Å². The second kappa shape index (κ2) is 9.49. The van der Waals surface area contributed by atoms with Crippen molar-refractivity contribution in [1.29, 1.82) is 0 Å². The van der Waals surface area contributed by atoms with E-state index in [2.05, 4.69) is 5.32 Å². The molecule has 0 saturated heterocycles. The number of ether oxygens (including phenoxy) is 1. The molecule has 0 saturated carbocycles. The zero-order valence-corrected chi connectivity index (χ0v) is 18.7. The third-order valence-corrected chi connectivity index (χ3v) is 5.25. The third-order valence-electron chi connectivity index (χ3n) is 5.25. The average molecular weight is 432 g/mol. The van der Waals surface area contributed by atoms with Gasteiger partial charge >= 0.3 is 0 Å². The zero-order valence-electron chi connectivity index (χ0n) is 17.9. The number of fused-ring (bicyclic) bond motifs is 1. The highest BCUT2D eigenvalue weighted by Crippen LogP contribution is 2.32. The molecule has 0 aromatic heterocycles. The minimum Gasteiger partial charge on any atom is -0.497 e. The Morgan fingerprint density at radius 1 is 1.20 bits per heavy atom. The fourth-order valence-corrected chi connectivity index (χ4v) is 3.38. The van der Waals surface area contributed by atoms with Gasteiger partial charge in [-0.2, -0.15) is 0 Å². The largest absolute Gasteiger partial charge is 0.497 e. The monoisotopic (exact) mass is 431 g/mol. The highest BCUT2D eigenvalue weighted by Gasteiger charge is 2.29. The number of hydrogen-bond donors (Lipinski definition) is 2. The third kappa shape index (κ3) is 5.32. The summed E-state index contributed by atoms with van der Waals surface area (Å²) in [6, 6.07) is 12.6. The SMILES string of the molecule is COc1cccc(CC(=O)N2CCc3ccc(NC(=O)[C@@H](N)C(C)(C)C)cc32)c1.Cl. The number of halogens is 1. The van der Waals surface area contributed by atoms with Gasteiger partial charge in [-0.3, -0.25) is 9.59 Å². The number of amides is 2. The van der Waals surface area contributed by atoms with Crippen molar-refractivity contribution in [2.75, 3.05) is 23.9 Å². The standard InChI is InChI=1S/C23H29N3O3.ClH/c1-23(2,3)21(24)22(28)25-17-9-8-16-10-11-26(19(16)14-17)20(27)13-15-6-5-7-18(12-15)29-4;/h5-9,12,14,21H,10-11,13,24H2,1-4H3,(H,25,28);1H/t21-;/m1./s1. The summed E-state index contributed by atoms with van der Waals surface area (Å²) in [5, 5.41) is 2.88. The van der Waals surface area contributed by atoms with E-state index in [1.165, 1.54) is 0 Å². The summed E-state index contributed by atoms with van der Waals surface area (Å²) >= 11 is 0. The Hall–Kier alpha value is -2.57. The maximum Gasteiger partial charge on any atom is 0.241 e. The van der Waals surface area contributed by atoms with Crippen LogP contribution in [-0.2, 0) is 22.4 Å². The molecule has 1 aliphatic rings. The molecule has 0 unspecified atom stereocenters. The van der Waals surface area contributed by atoms with Crippen LogP contribution < -0.4 is 20.7 Å². The summed E-state index contributed by atoms with van der Waals surface area (Å²) in [6.07, 6.45) is 1.09. The fourth-order valence-electron chi connectivity index (χ4n) is 3.38. The lowest BCUT2D eigenvalue weighted by molar-refractivity contribution is -0.119. The minimum absolute atomic E-state index is 0. The van der Waals surface area contributed by atoms with E-state index in [4.69, 9.17) is 10.5 Å². The average Bonchev–Trinajstić information content (AvgIpc) is 3.10. The van der Waals surface area contributed by atoms with Crippen LogP contribution >= 0.6 is 12.4 Å². The van der Waals surface area contributed by atoms with Gasteiger partial charge in [0.05, 0.1) is 19.6 Å². The predicted molar refractivity (Wildman–Crippen MR) is 123 cm³/mol. The van der Waals surface area contributed by atoms with Gasteiger partial charge in [0.15, 0.2) is 0 Å². The predicted octanol–water partition coefficient (Wildman–Crippen LogP) is 3.56. The Morgan fingerprint density at radius 2 is 1.93 bits per heavy atom. The number of nitrogens with zero attached hydrogens (tertiary/aromatic N) is 1. The van der Waals surface area contributed by atoms with E-state index >= 15 is 0 Å². The summed E-state index contributed by atoms with van der Waals surface area (Å²) in [5.41, 5.74) is 9.22. The number of rotatable bonds is 5. The van der Waals surface area contributed by atoms with Gasteiger partial charge in [0, 0.05) is 17.9 Å². The first-order chi connectivity index (χ1) is 13.7. The maximum atomic E-state index is 12.9. The Balaban J connectivity index is 0.00000320. The molecule has 2 aromatic rings. The number of anilines is 2. The van der Waals surface area contributed by atoms with Crippen molar-refractivity contribution in [3.8, 4) is 5.75 Å². The smallest absolute Gasteiger partial charge is 0.241 e. The molecule has 162 valence electrons. The van der Waals surface area contributed by atoms with Crippen molar-refractivity contribution in [3.05, 3.63) is 53.6 Å². The van der Waals surface area contributed by atoms with Gasteiger partial charge in [-0.1, -0.05) is 39.0 Å². The molecule has 1 atom stereocenters. The highest BCUT2D eigenvalue weighted by atomic mass is 35.5. The summed E-state index contributed by atoms with van der Waals surface area (Å²) in [4.78, 5) is 27.2. The van der Waals surface area contributed by atoms with E-state index in [9.17, 15) is 9.59 Å². The summed E-state index contributed by atoms with van der Waals surface area (Å²) in [6.45, 7) is 6.42. The van der Waals surface area contributed by atoms with Crippen LogP contribution in [0.5, 0.6) is 5.75 Å². The molecule has 7 heteroatoms. The first kappa shape index (κ1) is 23.7. The van der Waals surface area contributed by atoms with E-state index in [0.717, 1.165) is 29.0 Å². The second-order valence-electron chi connectivity index (χ2n) is 8.50. The normalized spacial score (nSPS) is 13.8. The molecule has 2 aromatic carbocycles. The number of carbonyl (C=O) groups excluding carboxylic acids is 2. The molecular weight excluding hydrogens is 402 g/mol. The van der Waals surface area contributed by atoms with Gasteiger partial charge in [-0.15, -0.1) is 12.4 Å². The molecule has 3 rings (SSSR count). The fraction of sp³-hybridized carbons (Fsp3) is 0.391. The minimum atomic E-state index is -0.624. The molecule has 2 amide bonds. The van der Waals surface area contributed by atoms with Gasteiger partial charge in [-0.05, 0) is 47.2 Å². The van der Waals surface area contributed by atoms with Crippen LogP contribution in [-0.4, -0.2) is 31.5 Å². The summed E-state index contributed by atoms with van der Waals surface area (Å²) in [5.74, 6) is 0.522. The molecule has 0 spiro atoms. The molecule has 30 heavy (non-hydrogen) atoms. The Kier molecular flexibility index (Phi) is 7.50. The molecule has 0 bridgehead atoms. The lowest BCUT2D eigenvalue weighted by Crippen LogP contribution is -2.45. The molecule has 0 radical (unpaired) electrons. The Labute approximate surface area is 184 Å². The van der Waals surface area contributed by atoms with Crippen LogP contribution in [0.4, 0.5) is 11.4 Å². The molecule has 1 heterocycles. The number of nitrogens with one attached hydrogen (secondary N) is 1. The molecule has 0 aliphatic carbocycles. The van der Waals surface area contributed by atoms with E-state index in [1.807, 2.05) is 63.2 Å². The molecule has 0 fully saturated rings. The number of nitrogens with two attached hydrogens (primary N) is 1. The van der Waals surface area contributed by atoms with Crippen molar-refractivity contribution >= 4 is 35.6 Å². The molecule has 3 N–H and O–H groups in total. The first-order valence-electron chi connectivity index (χ1n) is 9.81. The van der Waals surface area contributed by atoms with Gasteiger partial charge in [0.25, 0.3) is 0 Å². The van der Waals surface area contributed by atoms with E-state index in [0.29, 0.717) is 18.7 Å². The Morgan fingerprint density at radius 3 is 2.60 bits per heavy atom. The molecule has 1 aliphatic heterocycles. The Bertz CT molecular complexity index is 924. The number of benzene rings is 2. The van der Waals surface area contributed by atoms with Gasteiger partial charge < -0.3 is 20.7 Å². The lowest BCUT2D eigenvalue weighted by Gasteiger charge is -2.26. The second-order valence-corrected chi connectivity index (χ2v) is 8.50. The van der Waals surface area contributed by atoms with E-state index in [1.54, 1.807) is 12.0 Å². The van der Waals surface area contributed by atoms with Crippen molar-refractivity contribution in [1.82, 2.24) is 0 Å². The van der Waals surface area contributed by atoms with Crippen molar-refractivity contribution in [2.24, 2.45) is 11.1 Å². The van der Waals surface area contributed by atoms with Gasteiger partial charge in [0.1, 0.15) is 5.75 Å². The quantitative estimate of drug-likeness (QED) is 0.758. The summed E-state index contributed by atoms with van der Waals surface area (Å²) in [7, 11) is 1.61. The van der Waals surface area contributed by atoms with Crippen molar-refractivity contribution < 1.29 is 14.3 Å². The maximum absolute atomic E-state index is 12.9. The zero-order chi connectivity index (χ0) is 21.2. The molecule has 6 nitrogen and oxygen atoms in total. The van der Waals surface area contributed by atoms with Crippen molar-refractivity contribution in [3.63, 3.8) is 0 Å². The highest BCUT2D eigenvalue weighted by molar-refractivity contribution is 5.99. The topological polar surface area (TPSA) is 84.7 Å². The van der Waals surface area contributed by atoms with Crippen LogP contribution in [0.25, 0.3) is 0 Å². The lowest BCUT2D eigenvalue weighted by atomic mass is 9.87. The first-order valence-corrected chi connectivity index (χ1v) is 9.81. The van der Waals surface area contributed by atoms with Gasteiger partial charge in [-0.25, -0.2) is 0 Å². The number of methoxy groups -OCH3 is 1. The number of carbonyl (C=O) groups is 2. The number of hydrogen-bond acceptors (Lipinski definition) is 4. The van der Waals surface area contributed by atoms with Crippen LogP contribution in [0.15, 0.2) is 42.5 Å². The van der Waals surface area contributed by atoms with E-state index < -0.39 is 6.04 Å². The van der Waals surface area contributed by atoms with Crippen molar-refractivity contribution in [2.45, 2.75) is 39.7 Å². The summed E-state index contributed by atoms with van der Waals surface area (Å²) < 4.78 is 5.24. The van der Waals surface area contributed by atoms with E-state index in [-0.39, 0.29) is 29.6 Å². The van der Waals surface area contributed by atoms with Crippen LogP contribution in [0, 0.1) is 5.41 Å².